The Morgan fingerprint density at radius 3 is 2.73 bits per heavy atom. The quantitative estimate of drug-likeness (QED) is 0.801. The molecule has 2 fully saturated rings. The van der Waals surface area contributed by atoms with Gasteiger partial charge < -0.3 is 16.0 Å². The highest BCUT2D eigenvalue weighted by Crippen LogP contribution is 2.58. The molecular formula is C17H24FN3O. The molecule has 2 aliphatic rings. The lowest BCUT2D eigenvalue weighted by Gasteiger charge is -2.23. The predicted octanol–water partition coefficient (Wildman–Crippen LogP) is 2.97. The summed E-state index contributed by atoms with van der Waals surface area (Å²) in [5.41, 5.74) is 1.51. The molecule has 1 aliphatic heterocycles. The first-order chi connectivity index (χ1) is 10.5. The summed E-state index contributed by atoms with van der Waals surface area (Å²) in [6.45, 7) is 5.98. The fourth-order valence-corrected chi connectivity index (χ4v) is 3.47. The number of nitrogens with one attached hydrogen (secondary N) is 3. The fraction of sp³-hybridized carbons (Fsp3) is 0.588. The van der Waals surface area contributed by atoms with Crippen molar-refractivity contribution in [3.63, 3.8) is 0 Å². The predicted molar refractivity (Wildman–Crippen MR) is 86.4 cm³/mol. The van der Waals surface area contributed by atoms with Crippen LogP contribution in [0.1, 0.15) is 33.1 Å². The van der Waals surface area contributed by atoms with Gasteiger partial charge in [-0.05, 0) is 69.8 Å². The molecule has 1 spiro atoms. The summed E-state index contributed by atoms with van der Waals surface area (Å²) in [5.74, 6) is -0.130. The number of piperidine rings is 1. The number of hydrogen-bond donors (Lipinski definition) is 3. The van der Waals surface area contributed by atoms with Crippen molar-refractivity contribution >= 4 is 17.3 Å². The van der Waals surface area contributed by atoms with E-state index in [2.05, 4.69) is 16.0 Å². The Morgan fingerprint density at radius 2 is 2.05 bits per heavy atom. The monoisotopic (exact) mass is 305 g/mol. The molecule has 5 heteroatoms. The van der Waals surface area contributed by atoms with Crippen LogP contribution < -0.4 is 16.0 Å². The lowest BCUT2D eigenvalue weighted by Crippen LogP contribution is -2.31. The molecule has 1 saturated heterocycles. The summed E-state index contributed by atoms with van der Waals surface area (Å²) in [7, 11) is 0. The molecule has 4 nitrogen and oxygen atoms in total. The highest BCUT2D eigenvalue weighted by atomic mass is 19.1. The third-order valence-electron chi connectivity index (χ3n) is 4.79. The topological polar surface area (TPSA) is 53.2 Å². The molecule has 0 radical (unpaired) electrons. The van der Waals surface area contributed by atoms with Crippen molar-refractivity contribution in [3.8, 4) is 0 Å². The maximum atomic E-state index is 13.4. The summed E-state index contributed by atoms with van der Waals surface area (Å²) in [4.78, 5) is 12.5. The number of carbonyl (C=O) groups is 1. The molecule has 1 atom stereocenters. The second kappa shape index (κ2) is 5.88. The van der Waals surface area contributed by atoms with Gasteiger partial charge in [-0.25, -0.2) is 4.39 Å². The van der Waals surface area contributed by atoms with Gasteiger partial charge in [-0.15, -0.1) is 0 Å². The Morgan fingerprint density at radius 1 is 1.32 bits per heavy atom. The molecule has 3 N–H and O–H groups in total. The average Bonchev–Trinajstić information content (AvgIpc) is 3.15. The lowest BCUT2D eigenvalue weighted by molar-refractivity contribution is -0.118. The van der Waals surface area contributed by atoms with Gasteiger partial charge in [-0.1, -0.05) is 0 Å². The van der Waals surface area contributed by atoms with Crippen LogP contribution in [0.3, 0.4) is 0 Å². The first-order valence-corrected chi connectivity index (χ1v) is 8.08. The van der Waals surface area contributed by atoms with E-state index in [0.29, 0.717) is 11.4 Å². The number of hydrogen-bond acceptors (Lipinski definition) is 3. The molecular weight excluding hydrogens is 281 g/mol. The number of halogens is 1. The van der Waals surface area contributed by atoms with Gasteiger partial charge in [-0.3, -0.25) is 4.79 Å². The van der Waals surface area contributed by atoms with Crippen molar-refractivity contribution in [1.29, 1.82) is 0 Å². The van der Waals surface area contributed by atoms with Crippen LogP contribution in [0.5, 0.6) is 0 Å². The SMILES string of the molecule is CC(C)Nc1cc(F)ccc1NC(=O)C1CC12CCNCC2. The zero-order valence-corrected chi connectivity index (χ0v) is 13.2. The molecule has 1 saturated carbocycles. The first-order valence-electron chi connectivity index (χ1n) is 8.08. The maximum Gasteiger partial charge on any atom is 0.228 e. The zero-order valence-electron chi connectivity index (χ0n) is 13.2. The summed E-state index contributed by atoms with van der Waals surface area (Å²) in [5, 5.41) is 9.52. The van der Waals surface area contributed by atoms with Gasteiger partial charge in [-0.2, -0.15) is 0 Å². The Labute approximate surface area is 130 Å². The number of carbonyl (C=O) groups excluding carboxylic acids is 1. The normalized spacial score (nSPS) is 22.6. The summed E-state index contributed by atoms with van der Waals surface area (Å²) >= 11 is 0. The van der Waals surface area contributed by atoms with Gasteiger partial charge in [0.1, 0.15) is 5.82 Å². The van der Waals surface area contributed by atoms with E-state index < -0.39 is 0 Å². The Balaban J connectivity index is 1.69. The van der Waals surface area contributed by atoms with Gasteiger partial charge in [0.2, 0.25) is 5.91 Å². The van der Waals surface area contributed by atoms with E-state index in [1.807, 2.05) is 13.8 Å². The smallest absolute Gasteiger partial charge is 0.228 e. The molecule has 1 unspecified atom stereocenters. The van der Waals surface area contributed by atoms with E-state index in [1.54, 1.807) is 6.07 Å². The van der Waals surface area contributed by atoms with Gasteiger partial charge in [0, 0.05) is 12.0 Å². The summed E-state index contributed by atoms with van der Waals surface area (Å²) < 4.78 is 13.4. The van der Waals surface area contributed by atoms with Crippen LogP contribution in [0, 0.1) is 17.2 Å². The average molecular weight is 305 g/mol. The number of amides is 1. The molecule has 1 aromatic rings. The molecule has 1 aliphatic carbocycles. The lowest BCUT2D eigenvalue weighted by atomic mass is 9.92. The van der Waals surface area contributed by atoms with E-state index in [0.717, 1.165) is 32.4 Å². The van der Waals surface area contributed by atoms with Crippen LogP contribution >= 0.6 is 0 Å². The van der Waals surface area contributed by atoms with Crippen LogP contribution in [-0.2, 0) is 4.79 Å². The van der Waals surface area contributed by atoms with Crippen molar-refractivity contribution < 1.29 is 9.18 Å². The standard InChI is InChI=1S/C17H24FN3O/c1-11(2)20-15-9-12(18)3-4-14(15)21-16(22)13-10-17(13)5-7-19-8-6-17/h3-4,9,11,13,19-20H,5-8,10H2,1-2H3,(H,21,22). The highest BCUT2D eigenvalue weighted by Gasteiger charge is 2.57. The Kier molecular flexibility index (Phi) is 4.08. The largest absolute Gasteiger partial charge is 0.381 e. The van der Waals surface area contributed by atoms with E-state index in [4.69, 9.17) is 0 Å². The molecule has 1 aromatic carbocycles. The van der Waals surface area contributed by atoms with Gasteiger partial charge >= 0.3 is 0 Å². The minimum atomic E-state index is -0.303. The maximum absolute atomic E-state index is 13.4. The summed E-state index contributed by atoms with van der Waals surface area (Å²) in [6.07, 6.45) is 3.13. The van der Waals surface area contributed by atoms with E-state index in [-0.39, 0.29) is 29.1 Å². The fourth-order valence-electron chi connectivity index (χ4n) is 3.47. The van der Waals surface area contributed by atoms with Crippen molar-refractivity contribution in [2.45, 2.75) is 39.2 Å². The number of rotatable bonds is 4. The third-order valence-corrected chi connectivity index (χ3v) is 4.79. The molecule has 22 heavy (non-hydrogen) atoms. The van der Waals surface area contributed by atoms with Crippen LogP contribution in [0.2, 0.25) is 0 Å². The molecule has 1 amide bonds. The second-order valence-corrected chi connectivity index (χ2v) is 6.85. The molecule has 3 rings (SSSR count). The van der Waals surface area contributed by atoms with Gasteiger partial charge in [0.05, 0.1) is 11.4 Å². The Hall–Kier alpha value is -1.62. The van der Waals surface area contributed by atoms with E-state index in [9.17, 15) is 9.18 Å². The van der Waals surface area contributed by atoms with Crippen molar-refractivity contribution in [2.24, 2.45) is 11.3 Å². The van der Waals surface area contributed by atoms with Crippen molar-refractivity contribution in [3.05, 3.63) is 24.0 Å². The van der Waals surface area contributed by atoms with E-state index in [1.165, 1.54) is 12.1 Å². The first kappa shape index (κ1) is 15.3. The number of anilines is 2. The molecule has 0 aromatic heterocycles. The van der Waals surface area contributed by atoms with E-state index >= 15 is 0 Å². The zero-order chi connectivity index (χ0) is 15.7. The van der Waals surface area contributed by atoms with Gasteiger partial charge in [0.25, 0.3) is 0 Å². The Bertz CT molecular complexity index is 567. The number of benzene rings is 1. The third kappa shape index (κ3) is 3.09. The van der Waals surface area contributed by atoms with Crippen LogP contribution in [-0.4, -0.2) is 25.0 Å². The highest BCUT2D eigenvalue weighted by molar-refractivity contribution is 5.97. The molecule has 0 bridgehead atoms. The molecule has 1 heterocycles. The minimum absolute atomic E-state index is 0.0697. The van der Waals surface area contributed by atoms with Crippen molar-refractivity contribution in [1.82, 2.24) is 5.32 Å². The van der Waals surface area contributed by atoms with Crippen LogP contribution in [0.4, 0.5) is 15.8 Å². The van der Waals surface area contributed by atoms with Crippen molar-refractivity contribution in [2.75, 3.05) is 23.7 Å². The van der Waals surface area contributed by atoms with Gasteiger partial charge in [0.15, 0.2) is 0 Å². The second-order valence-electron chi connectivity index (χ2n) is 6.85. The molecule has 120 valence electrons. The van der Waals surface area contributed by atoms with Crippen LogP contribution in [0.25, 0.3) is 0 Å². The minimum Gasteiger partial charge on any atom is -0.381 e. The summed E-state index contributed by atoms with van der Waals surface area (Å²) in [6, 6.07) is 4.63. The van der Waals surface area contributed by atoms with Crippen LogP contribution in [0.15, 0.2) is 18.2 Å².